The lowest BCUT2D eigenvalue weighted by Gasteiger charge is -2.21. The van der Waals surface area contributed by atoms with Gasteiger partial charge in [0.15, 0.2) is 0 Å². The molecule has 2 heterocycles. The third kappa shape index (κ3) is 4.27. The number of fused-ring (bicyclic) bond motifs is 1. The zero-order valence-electron chi connectivity index (χ0n) is 20.2. The Kier molecular flexibility index (Phi) is 5.97. The summed E-state index contributed by atoms with van der Waals surface area (Å²) in [6, 6.07) is 14.7. The van der Waals surface area contributed by atoms with Gasteiger partial charge < -0.3 is 5.32 Å². The lowest BCUT2D eigenvalue weighted by atomic mass is 9.81. The highest BCUT2D eigenvalue weighted by atomic mass is 19.4. The average molecular weight is 520 g/mol. The number of nitrogens with one attached hydrogen (secondary N) is 1. The number of amides is 2. The topological polar surface area (TPSA) is 75.2 Å². The second kappa shape index (κ2) is 9.05. The predicted octanol–water partition coefficient (Wildman–Crippen LogP) is 6.51. The quantitative estimate of drug-likeness (QED) is 0.311. The Bertz CT molecular complexity index is 1550. The number of rotatable bonds is 4. The molecule has 0 fully saturated rings. The largest absolute Gasteiger partial charge is 0.417 e. The van der Waals surface area contributed by atoms with E-state index in [-0.39, 0.29) is 11.6 Å². The summed E-state index contributed by atoms with van der Waals surface area (Å²) in [4.78, 5) is 36.0. The summed E-state index contributed by atoms with van der Waals surface area (Å²) in [6.07, 6.45) is -1.97. The van der Waals surface area contributed by atoms with Crippen molar-refractivity contribution in [3.05, 3.63) is 102 Å². The molecule has 5 rings (SSSR count). The number of carbonyl (C=O) groups is 2. The van der Waals surface area contributed by atoms with Crippen LogP contribution in [-0.2, 0) is 16.4 Å². The fourth-order valence-electron chi connectivity index (χ4n) is 4.64. The van der Waals surface area contributed by atoms with E-state index in [2.05, 4.69) is 15.3 Å². The van der Waals surface area contributed by atoms with Crippen molar-refractivity contribution in [3.63, 3.8) is 0 Å². The maximum atomic E-state index is 13.9. The summed E-state index contributed by atoms with van der Waals surface area (Å²) in [7, 11) is 0. The van der Waals surface area contributed by atoms with Crippen molar-refractivity contribution in [3.8, 4) is 11.1 Å². The fourth-order valence-corrected chi connectivity index (χ4v) is 4.64. The lowest BCUT2D eigenvalue weighted by molar-refractivity contribution is -0.137. The number of aromatic nitrogens is 2. The minimum atomic E-state index is -4.80. The van der Waals surface area contributed by atoms with Crippen LogP contribution in [-0.4, -0.2) is 21.8 Å². The monoisotopic (exact) mass is 520 g/mol. The molecule has 192 valence electrons. The molecule has 0 radical (unpaired) electrons. The first-order valence-electron chi connectivity index (χ1n) is 11.5. The van der Waals surface area contributed by atoms with Gasteiger partial charge in [0.05, 0.1) is 22.2 Å². The Hall–Kier alpha value is -4.60. The van der Waals surface area contributed by atoms with Crippen LogP contribution in [0.3, 0.4) is 0 Å². The van der Waals surface area contributed by atoms with Gasteiger partial charge in [0.25, 0.3) is 5.91 Å². The molecule has 3 aromatic carbocycles. The van der Waals surface area contributed by atoms with Gasteiger partial charge in [0.1, 0.15) is 18.0 Å². The van der Waals surface area contributed by atoms with Crippen LogP contribution in [0.2, 0.25) is 0 Å². The van der Waals surface area contributed by atoms with Crippen LogP contribution in [0.25, 0.3) is 11.1 Å². The third-order valence-corrected chi connectivity index (χ3v) is 6.42. The third-order valence-electron chi connectivity index (χ3n) is 6.42. The molecule has 38 heavy (non-hydrogen) atoms. The minimum absolute atomic E-state index is 0.141. The second-order valence-electron chi connectivity index (χ2n) is 9.25. The molecular formula is C28H20F4N4O2. The normalized spacial score (nSPS) is 14.4. The molecule has 0 saturated heterocycles. The molecule has 0 bridgehead atoms. The van der Waals surface area contributed by atoms with E-state index in [0.29, 0.717) is 28.2 Å². The van der Waals surface area contributed by atoms with Crippen LogP contribution < -0.4 is 10.2 Å². The van der Waals surface area contributed by atoms with E-state index in [1.807, 2.05) is 0 Å². The molecular weight excluding hydrogens is 500 g/mol. The molecule has 0 atom stereocenters. The molecule has 10 heteroatoms. The zero-order valence-corrected chi connectivity index (χ0v) is 20.2. The molecule has 2 amide bonds. The van der Waals surface area contributed by atoms with E-state index in [9.17, 15) is 27.2 Å². The van der Waals surface area contributed by atoms with Gasteiger partial charge in [-0.05, 0) is 79.1 Å². The summed E-state index contributed by atoms with van der Waals surface area (Å²) >= 11 is 0. The van der Waals surface area contributed by atoms with Crippen LogP contribution in [0.15, 0.2) is 79.3 Å². The van der Waals surface area contributed by atoms with Crippen molar-refractivity contribution in [2.45, 2.75) is 25.4 Å². The zero-order chi connectivity index (χ0) is 27.2. The van der Waals surface area contributed by atoms with E-state index >= 15 is 0 Å². The highest BCUT2D eigenvalue weighted by molar-refractivity contribution is 6.14. The molecule has 1 N–H and O–H groups in total. The number of nitrogens with zero attached hydrogens (tertiary/aromatic N) is 3. The molecule has 0 aliphatic carbocycles. The number of hydrogen-bond donors (Lipinski definition) is 1. The first-order valence-corrected chi connectivity index (χ1v) is 11.5. The van der Waals surface area contributed by atoms with Crippen molar-refractivity contribution in [1.82, 2.24) is 9.97 Å². The maximum Gasteiger partial charge on any atom is 0.417 e. The minimum Gasteiger partial charge on any atom is -0.322 e. The molecule has 0 unspecified atom stereocenters. The van der Waals surface area contributed by atoms with Gasteiger partial charge in [-0.25, -0.2) is 14.4 Å². The second-order valence-corrected chi connectivity index (χ2v) is 9.25. The van der Waals surface area contributed by atoms with Crippen molar-refractivity contribution in [2.75, 3.05) is 10.2 Å². The van der Waals surface area contributed by atoms with E-state index in [1.54, 1.807) is 38.1 Å². The first kappa shape index (κ1) is 25.1. The van der Waals surface area contributed by atoms with E-state index in [1.165, 1.54) is 35.6 Å². The van der Waals surface area contributed by atoms with E-state index in [0.717, 1.165) is 24.3 Å². The Morgan fingerprint density at radius 3 is 2.39 bits per heavy atom. The van der Waals surface area contributed by atoms with Gasteiger partial charge in [-0.15, -0.1) is 0 Å². The molecule has 0 spiro atoms. The number of benzene rings is 3. The highest BCUT2D eigenvalue weighted by Gasteiger charge is 2.47. The Balaban J connectivity index is 1.64. The van der Waals surface area contributed by atoms with Gasteiger partial charge in [-0.1, -0.05) is 18.2 Å². The van der Waals surface area contributed by atoms with Gasteiger partial charge in [0.2, 0.25) is 5.91 Å². The van der Waals surface area contributed by atoms with Crippen molar-refractivity contribution < 1.29 is 27.2 Å². The molecule has 6 nitrogen and oxygen atoms in total. The Labute approximate surface area is 215 Å². The van der Waals surface area contributed by atoms with Gasteiger partial charge in [0, 0.05) is 11.9 Å². The summed E-state index contributed by atoms with van der Waals surface area (Å²) < 4.78 is 54.9. The van der Waals surface area contributed by atoms with Crippen molar-refractivity contribution in [2.24, 2.45) is 0 Å². The van der Waals surface area contributed by atoms with E-state index in [4.69, 9.17) is 0 Å². The lowest BCUT2D eigenvalue weighted by Crippen LogP contribution is -2.33. The van der Waals surface area contributed by atoms with Crippen molar-refractivity contribution >= 4 is 29.0 Å². The number of carbonyl (C=O) groups excluding carboxylic acids is 2. The molecule has 0 saturated carbocycles. The SMILES string of the molecule is CC1(C)C(=O)N(c2ccncn2)c2cccc(-c3ccc(C(F)(F)F)c(C(=O)Nc4ccc(F)cc4)c3)c21. The summed E-state index contributed by atoms with van der Waals surface area (Å²) in [5, 5.41) is 2.40. The molecule has 1 aliphatic rings. The summed E-state index contributed by atoms with van der Waals surface area (Å²) in [5.74, 6) is -1.45. The van der Waals surface area contributed by atoms with Crippen molar-refractivity contribution in [1.29, 1.82) is 0 Å². The van der Waals surface area contributed by atoms with Gasteiger partial charge in [-0.3, -0.25) is 14.5 Å². The van der Waals surface area contributed by atoms with Gasteiger partial charge in [-0.2, -0.15) is 13.2 Å². The molecule has 4 aromatic rings. The van der Waals surface area contributed by atoms with Crippen LogP contribution in [0.5, 0.6) is 0 Å². The van der Waals surface area contributed by atoms with Crippen LogP contribution in [0.1, 0.15) is 35.3 Å². The first-order chi connectivity index (χ1) is 18.0. The van der Waals surface area contributed by atoms with E-state index < -0.39 is 34.4 Å². The number of hydrogen-bond acceptors (Lipinski definition) is 4. The fraction of sp³-hybridized carbons (Fsp3) is 0.143. The van der Waals surface area contributed by atoms with Crippen LogP contribution in [0.4, 0.5) is 34.8 Å². The smallest absolute Gasteiger partial charge is 0.322 e. The highest BCUT2D eigenvalue weighted by Crippen LogP contribution is 2.49. The van der Waals surface area contributed by atoms with Gasteiger partial charge >= 0.3 is 6.18 Å². The number of halogens is 4. The number of anilines is 3. The molecule has 1 aromatic heterocycles. The summed E-state index contributed by atoms with van der Waals surface area (Å²) in [5.41, 5.74) is -0.676. The maximum absolute atomic E-state index is 13.9. The number of alkyl halides is 3. The van der Waals surface area contributed by atoms with Crippen LogP contribution >= 0.6 is 0 Å². The van der Waals surface area contributed by atoms with Crippen LogP contribution in [0, 0.1) is 5.82 Å². The summed E-state index contributed by atoms with van der Waals surface area (Å²) in [6.45, 7) is 3.45. The average Bonchev–Trinajstić information content (AvgIpc) is 3.10. The Morgan fingerprint density at radius 2 is 1.74 bits per heavy atom. The predicted molar refractivity (Wildman–Crippen MR) is 133 cm³/mol. The molecule has 1 aliphatic heterocycles. The Morgan fingerprint density at radius 1 is 1.00 bits per heavy atom. The standard InChI is InChI=1S/C28H20F4N4O2/c1-27(2)24-19(4-3-5-22(24)36(26(27)38)23-12-13-33-15-34-23)16-6-11-21(28(30,31)32)20(14-16)25(37)35-18-9-7-17(29)8-10-18/h3-15H,1-2H3,(H,35,37).